The molecule has 6 aromatic carbocycles. The zero-order valence-electron chi connectivity index (χ0n) is 33.8. The first-order chi connectivity index (χ1) is 26.5. The first-order valence-corrected chi connectivity index (χ1v) is 21.8. The molecule has 0 spiro atoms. The van der Waals surface area contributed by atoms with Crippen LogP contribution in [0.2, 0.25) is 0 Å². The maximum atomic E-state index is 2.36. The fourth-order valence-electron chi connectivity index (χ4n) is 7.65. The summed E-state index contributed by atoms with van der Waals surface area (Å²) < 4.78 is 0. The molecule has 0 saturated heterocycles. The molecule has 5 heteroatoms. The fourth-order valence-corrected chi connectivity index (χ4v) is 9.36. The molecular formula is C52H54Cl2S2Zr. The van der Waals surface area contributed by atoms with Crippen LogP contribution in [0.4, 0.5) is 0 Å². The van der Waals surface area contributed by atoms with Crippen molar-refractivity contribution >= 4 is 44.2 Å². The molecule has 0 N–H and O–H groups in total. The quantitative estimate of drug-likeness (QED) is 0.0754. The molecule has 0 aliphatic carbocycles. The van der Waals surface area contributed by atoms with E-state index >= 15 is 0 Å². The molecule has 8 aromatic rings. The van der Waals surface area contributed by atoms with Crippen LogP contribution in [0, 0.1) is 13.8 Å². The van der Waals surface area contributed by atoms with Gasteiger partial charge in [0.25, 0.3) is 0 Å². The standard InChI is InChI=1S/2C26H27S.2ClH.Zr/c2*1-3-4-5-6-8-20-12-14-21(15-13-20)24-10-7-9-22-17-23(18-25(22)24)26-16-11-19(2)27-26;;;/h2*7,9-18H,3-6,8H2,1-2H3;2*1H;/q2*-1;;;+4/p-2. The Labute approximate surface area is 381 Å². The van der Waals surface area contributed by atoms with Crippen molar-refractivity contribution < 1.29 is 51.0 Å². The molecule has 0 atom stereocenters. The van der Waals surface area contributed by atoms with Crippen LogP contribution in [0.15, 0.2) is 133 Å². The van der Waals surface area contributed by atoms with Gasteiger partial charge in [0.2, 0.25) is 0 Å². The van der Waals surface area contributed by atoms with Gasteiger partial charge in [-0.05, 0) is 81.3 Å². The molecule has 0 unspecified atom stereocenters. The van der Waals surface area contributed by atoms with Crippen molar-refractivity contribution in [3.63, 3.8) is 0 Å². The Morgan fingerprint density at radius 1 is 0.456 bits per heavy atom. The zero-order valence-corrected chi connectivity index (χ0v) is 39.4. The third kappa shape index (κ3) is 12.0. The van der Waals surface area contributed by atoms with E-state index in [2.05, 4.69) is 161 Å². The van der Waals surface area contributed by atoms with Crippen molar-refractivity contribution in [2.45, 2.75) is 91.9 Å². The summed E-state index contributed by atoms with van der Waals surface area (Å²) >= 11 is 3.74. The minimum absolute atomic E-state index is 0. The summed E-state index contributed by atoms with van der Waals surface area (Å²) in [6, 6.07) is 50.0. The predicted octanol–water partition coefficient (Wildman–Crippen LogP) is 10.8. The Kier molecular flexibility index (Phi) is 18.8. The average Bonchev–Trinajstić information content (AvgIpc) is 4.02. The third-order valence-corrected chi connectivity index (χ3v) is 12.8. The number of aryl methyl sites for hydroxylation is 4. The smallest absolute Gasteiger partial charge is 1.00 e. The number of fused-ring (bicyclic) bond motifs is 2. The SMILES string of the molecule is CCCCCCc1ccc(-c2cccc3[cH-]c(-c4ccc(C)s4)cc23)cc1.CCCCCCc1ccc(-c2cccc3[cH-]c(-c4ccc(C)s4)cc23)cc1.[Cl-].[Cl-].[Zr+4]. The number of thiophene rings is 2. The molecular weight excluding hydrogens is 851 g/mol. The second kappa shape index (κ2) is 22.9. The summed E-state index contributed by atoms with van der Waals surface area (Å²) in [5, 5.41) is 5.37. The average molecular weight is 905 g/mol. The second-order valence-corrected chi connectivity index (χ2v) is 17.5. The molecule has 0 fully saturated rings. The number of unbranched alkanes of at least 4 members (excludes halogenated alkanes) is 6. The van der Waals surface area contributed by atoms with Crippen molar-refractivity contribution in [2.75, 3.05) is 0 Å². The van der Waals surface area contributed by atoms with Gasteiger partial charge in [-0.3, -0.25) is 0 Å². The molecule has 292 valence electrons. The molecule has 0 aliphatic rings. The number of hydrogen-bond donors (Lipinski definition) is 0. The summed E-state index contributed by atoms with van der Waals surface area (Å²) in [5.41, 5.74) is 10.9. The van der Waals surface area contributed by atoms with E-state index in [0.717, 1.165) is 0 Å². The van der Waals surface area contributed by atoms with E-state index in [1.54, 1.807) is 0 Å². The Hall–Kier alpha value is -3.04. The van der Waals surface area contributed by atoms with E-state index < -0.39 is 0 Å². The van der Waals surface area contributed by atoms with Crippen molar-refractivity contribution in [3.05, 3.63) is 154 Å². The van der Waals surface area contributed by atoms with Gasteiger partial charge in [0.15, 0.2) is 0 Å². The molecule has 57 heavy (non-hydrogen) atoms. The molecule has 2 heterocycles. The minimum Gasteiger partial charge on any atom is -1.00 e. The molecule has 8 rings (SSSR count). The molecule has 0 aliphatic heterocycles. The third-order valence-electron chi connectivity index (χ3n) is 10.7. The van der Waals surface area contributed by atoms with E-state index in [9.17, 15) is 0 Å². The number of benzene rings is 4. The van der Waals surface area contributed by atoms with Gasteiger partial charge in [0.1, 0.15) is 0 Å². The molecule has 0 nitrogen and oxygen atoms in total. The predicted molar refractivity (Wildman–Crippen MR) is 242 cm³/mol. The van der Waals surface area contributed by atoms with Crippen molar-refractivity contribution in [2.24, 2.45) is 0 Å². The molecule has 2 aromatic heterocycles. The van der Waals surface area contributed by atoms with Crippen molar-refractivity contribution in [3.8, 4) is 43.1 Å². The normalized spacial score (nSPS) is 10.7. The maximum Gasteiger partial charge on any atom is 4.00 e. The topological polar surface area (TPSA) is 0 Å². The second-order valence-electron chi connectivity index (χ2n) is 14.9. The van der Waals surface area contributed by atoms with Gasteiger partial charge in [0.05, 0.1) is 0 Å². The van der Waals surface area contributed by atoms with Crippen LogP contribution < -0.4 is 24.8 Å². The van der Waals surface area contributed by atoms with Crippen LogP contribution in [0.5, 0.6) is 0 Å². The molecule has 0 amide bonds. The van der Waals surface area contributed by atoms with Gasteiger partial charge >= 0.3 is 26.2 Å². The van der Waals surface area contributed by atoms with Crippen LogP contribution in [0.25, 0.3) is 64.7 Å². The maximum absolute atomic E-state index is 2.36. The number of hydrogen-bond acceptors (Lipinski definition) is 2. The van der Waals surface area contributed by atoms with Gasteiger partial charge < -0.3 is 24.8 Å². The van der Waals surface area contributed by atoms with E-state index in [1.807, 2.05) is 22.7 Å². The van der Waals surface area contributed by atoms with Gasteiger partial charge in [-0.2, -0.15) is 22.7 Å². The molecule has 0 radical (unpaired) electrons. The largest absolute Gasteiger partial charge is 4.00 e. The Balaban J connectivity index is 0.000000240. The Morgan fingerprint density at radius 3 is 1.21 bits per heavy atom. The molecule has 0 bridgehead atoms. The Morgan fingerprint density at radius 2 is 0.860 bits per heavy atom. The first kappa shape index (κ1) is 46.7. The van der Waals surface area contributed by atoms with Gasteiger partial charge in [0, 0.05) is 0 Å². The monoisotopic (exact) mass is 902 g/mol. The van der Waals surface area contributed by atoms with Gasteiger partial charge in [-0.1, -0.05) is 161 Å². The molecule has 0 saturated carbocycles. The van der Waals surface area contributed by atoms with Crippen LogP contribution >= 0.6 is 22.7 Å². The summed E-state index contributed by atoms with van der Waals surface area (Å²) in [4.78, 5) is 5.45. The first-order valence-electron chi connectivity index (χ1n) is 20.2. The number of rotatable bonds is 14. The van der Waals surface area contributed by atoms with E-state index in [-0.39, 0.29) is 51.0 Å². The van der Waals surface area contributed by atoms with Crippen molar-refractivity contribution in [1.29, 1.82) is 0 Å². The van der Waals surface area contributed by atoms with Gasteiger partial charge in [-0.25, -0.2) is 0 Å². The number of halogens is 2. The minimum atomic E-state index is 0. The van der Waals surface area contributed by atoms with Crippen LogP contribution in [-0.2, 0) is 39.0 Å². The fraction of sp³-hybridized carbons (Fsp3) is 0.269. The summed E-state index contributed by atoms with van der Waals surface area (Å²) in [5.74, 6) is 0. The van der Waals surface area contributed by atoms with E-state index in [4.69, 9.17) is 0 Å². The van der Waals surface area contributed by atoms with Gasteiger partial charge in [-0.15, -0.1) is 69.1 Å². The summed E-state index contributed by atoms with van der Waals surface area (Å²) in [6.45, 7) is 8.88. The van der Waals surface area contributed by atoms with Crippen LogP contribution in [-0.4, -0.2) is 0 Å². The zero-order chi connectivity index (χ0) is 37.3. The van der Waals surface area contributed by atoms with E-state index in [1.165, 1.54) is 150 Å². The van der Waals surface area contributed by atoms with Crippen LogP contribution in [0.1, 0.15) is 86.1 Å². The summed E-state index contributed by atoms with van der Waals surface area (Å²) in [7, 11) is 0. The van der Waals surface area contributed by atoms with Crippen LogP contribution in [0.3, 0.4) is 0 Å². The van der Waals surface area contributed by atoms with E-state index in [0.29, 0.717) is 0 Å². The van der Waals surface area contributed by atoms with Crippen molar-refractivity contribution in [1.82, 2.24) is 0 Å². The Bertz CT molecular complexity index is 2220. The summed E-state index contributed by atoms with van der Waals surface area (Å²) in [6.07, 6.45) is 13.0.